The number of hydrogen-bond acceptors (Lipinski definition) is 13. The second kappa shape index (κ2) is 10.4. The number of rotatable bonds is 4. The van der Waals surface area contributed by atoms with Gasteiger partial charge < -0.3 is 54.4 Å². The molecule has 2 aliphatic heterocycles. The Labute approximate surface area is 226 Å². The number of carbonyl (C=O) groups is 1. The number of aliphatic hydroxyl groups is 4. The molecule has 40 heavy (non-hydrogen) atoms. The highest BCUT2D eigenvalue weighted by Gasteiger charge is 2.50. The number of Topliss-reactive ketones (excluding diaryl/α,β-unsaturated/α-hetero) is 1. The maximum absolute atomic E-state index is 13.1. The summed E-state index contributed by atoms with van der Waals surface area (Å²) in [4.78, 5) is 26.2. The lowest BCUT2D eigenvalue weighted by molar-refractivity contribution is -0.314. The van der Waals surface area contributed by atoms with E-state index >= 15 is 0 Å². The predicted octanol–water partition coefficient (Wildman–Crippen LogP) is 0.179. The highest BCUT2D eigenvalue weighted by Crippen LogP contribution is 2.45. The van der Waals surface area contributed by atoms with Gasteiger partial charge in [-0.25, -0.2) is 0 Å². The van der Waals surface area contributed by atoms with Crippen molar-refractivity contribution in [1.82, 2.24) is 0 Å². The monoisotopic (exact) mass is 560 g/mol. The molecule has 0 amide bonds. The molecule has 0 aliphatic carbocycles. The van der Waals surface area contributed by atoms with Crippen molar-refractivity contribution in [2.75, 3.05) is 0 Å². The van der Waals surface area contributed by atoms with Crippen LogP contribution in [-0.4, -0.2) is 90.5 Å². The summed E-state index contributed by atoms with van der Waals surface area (Å²) in [7, 11) is 0. The van der Waals surface area contributed by atoms with Crippen LogP contribution in [0, 0.1) is 0 Å². The molecule has 1 aromatic heterocycles. The van der Waals surface area contributed by atoms with E-state index in [1.807, 2.05) is 0 Å². The molecule has 13 heteroatoms. The van der Waals surface area contributed by atoms with Gasteiger partial charge in [-0.05, 0) is 38.1 Å². The van der Waals surface area contributed by atoms with E-state index in [9.17, 15) is 45.3 Å². The van der Waals surface area contributed by atoms with E-state index in [2.05, 4.69) is 0 Å². The van der Waals surface area contributed by atoms with Crippen LogP contribution in [0.2, 0.25) is 0 Å². The fraction of sp³-hybridized carbons (Fsp3) is 0.407. The largest absolute Gasteiger partial charge is 0.508 e. The first kappa shape index (κ1) is 28.0. The summed E-state index contributed by atoms with van der Waals surface area (Å²) in [6, 6.07) is 7.92. The maximum Gasteiger partial charge on any atom is 0.197 e. The molecule has 2 fully saturated rings. The third-order valence-electron chi connectivity index (χ3n) is 7.19. The standard InChI is InChI=1S/C27H28O13/c1-9-20(32)23(35)26(40-27-24(36)22(34)19(31)10(2)38-27)25(37-9)18-14(30)8-16-17(21(18)33)13(29)7-15(39-16)11-3-5-12(28)6-4-11/h3-10,19-20,22,24-28,30-34,36H,1-2H3/t9-,10+,19+,20+,22-,24+,25+,26+,27+/m1/s1. The minimum Gasteiger partial charge on any atom is -0.508 e. The number of hydrogen-bond donors (Lipinski definition) is 7. The Bertz CT molecular complexity index is 1480. The molecule has 0 unspecified atom stereocenters. The van der Waals surface area contributed by atoms with Crippen LogP contribution in [-0.2, 0) is 19.0 Å². The number of fused-ring (bicyclic) bond motifs is 1. The van der Waals surface area contributed by atoms with Gasteiger partial charge in [0.2, 0.25) is 0 Å². The molecule has 0 saturated carbocycles. The molecule has 2 aromatic carbocycles. The van der Waals surface area contributed by atoms with Gasteiger partial charge >= 0.3 is 0 Å². The average molecular weight is 561 g/mol. The van der Waals surface area contributed by atoms with Crippen molar-refractivity contribution in [1.29, 1.82) is 0 Å². The van der Waals surface area contributed by atoms with E-state index in [0.29, 0.717) is 5.56 Å². The zero-order valence-corrected chi connectivity index (χ0v) is 21.2. The molecular formula is C27H28O13. The SMILES string of the molecule is C[C@@H]1O[C@@H](O[C@H]2C(=O)[C@@H](O)[C@@H](C)O[C@H]2c2c(O)cc3oc(-c4ccc(O)cc4)cc(=O)c3c2O)[C@@H](O)[C@H](O)[C@H]1O. The van der Waals surface area contributed by atoms with Crippen LogP contribution in [0.1, 0.15) is 25.5 Å². The first-order valence-corrected chi connectivity index (χ1v) is 12.4. The molecule has 2 aliphatic rings. The van der Waals surface area contributed by atoms with Crippen LogP contribution in [0.15, 0.2) is 45.6 Å². The van der Waals surface area contributed by atoms with E-state index in [-0.39, 0.29) is 22.5 Å². The van der Waals surface area contributed by atoms with Gasteiger partial charge in [-0.3, -0.25) is 9.59 Å². The molecule has 3 aromatic rings. The van der Waals surface area contributed by atoms with E-state index in [4.69, 9.17) is 18.6 Å². The van der Waals surface area contributed by atoms with Crippen molar-refractivity contribution in [3.63, 3.8) is 0 Å². The van der Waals surface area contributed by atoms with E-state index < -0.39 is 83.4 Å². The van der Waals surface area contributed by atoms with Gasteiger partial charge in [0.15, 0.2) is 23.6 Å². The minimum absolute atomic E-state index is 0.00347. The van der Waals surface area contributed by atoms with Crippen LogP contribution < -0.4 is 5.43 Å². The van der Waals surface area contributed by atoms with Crippen molar-refractivity contribution >= 4 is 16.8 Å². The topological polar surface area (TPSA) is 217 Å². The van der Waals surface area contributed by atoms with Crippen LogP contribution in [0.4, 0.5) is 0 Å². The first-order chi connectivity index (χ1) is 18.9. The van der Waals surface area contributed by atoms with Crippen LogP contribution in [0.5, 0.6) is 17.2 Å². The zero-order chi connectivity index (χ0) is 29.0. The lowest BCUT2D eigenvalue weighted by Crippen LogP contribution is -2.60. The maximum atomic E-state index is 13.1. The van der Waals surface area contributed by atoms with Gasteiger partial charge in [0.05, 0.1) is 17.8 Å². The van der Waals surface area contributed by atoms with Gasteiger partial charge in [0.25, 0.3) is 0 Å². The summed E-state index contributed by atoms with van der Waals surface area (Å²) in [5, 5.41) is 72.2. The smallest absolute Gasteiger partial charge is 0.197 e. The lowest BCUT2D eigenvalue weighted by Gasteiger charge is -2.43. The number of carbonyl (C=O) groups excluding carboxylic acids is 1. The molecule has 0 spiro atoms. The average Bonchev–Trinajstić information content (AvgIpc) is 2.91. The summed E-state index contributed by atoms with van der Waals surface area (Å²) in [5.74, 6) is -2.27. The summed E-state index contributed by atoms with van der Waals surface area (Å²) in [6.45, 7) is 2.77. The molecule has 0 bridgehead atoms. The van der Waals surface area contributed by atoms with Gasteiger partial charge in [-0.2, -0.15) is 0 Å². The minimum atomic E-state index is -1.81. The highest BCUT2D eigenvalue weighted by molar-refractivity contribution is 5.92. The second-order valence-electron chi connectivity index (χ2n) is 9.90. The Morgan fingerprint density at radius 2 is 1.50 bits per heavy atom. The van der Waals surface area contributed by atoms with Crippen LogP contribution in [0.3, 0.4) is 0 Å². The van der Waals surface area contributed by atoms with E-state index in [0.717, 1.165) is 12.1 Å². The fourth-order valence-corrected chi connectivity index (χ4v) is 4.91. The zero-order valence-electron chi connectivity index (χ0n) is 21.2. The van der Waals surface area contributed by atoms with Crippen molar-refractivity contribution in [2.45, 2.75) is 69.0 Å². The third kappa shape index (κ3) is 4.71. The Balaban J connectivity index is 1.58. The van der Waals surface area contributed by atoms with Crippen LogP contribution >= 0.6 is 0 Å². The molecule has 9 atom stereocenters. The van der Waals surface area contributed by atoms with E-state index in [1.165, 1.54) is 38.1 Å². The molecule has 0 radical (unpaired) electrons. The van der Waals surface area contributed by atoms with Crippen LogP contribution in [0.25, 0.3) is 22.3 Å². The number of aliphatic hydroxyl groups excluding tert-OH is 4. The first-order valence-electron chi connectivity index (χ1n) is 12.4. The summed E-state index contributed by atoms with van der Waals surface area (Å²) in [5.41, 5.74) is -0.884. The number of phenols is 3. The molecule has 2 saturated heterocycles. The van der Waals surface area contributed by atoms with Crippen molar-refractivity contribution < 1.29 is 59.2 Å². The Hall–Kier alpha value is -3.56. The summed E-state index contributed by atoms with van der Waals surface area (Å²) in [6.07, 6.45) is -13.9. The van der Waals surface area contributed by atoms with Crippen molar-refractivity contribution in [3.05, 3.63) is 52.2 Å². The Morgan fingerprint density at radius 1 is 0.825 bits per heavy atom. The molecule has 3 heterocycles. The number of ether oxygens (including phenoxy) is 3. The number of aromatic hydroxyl groups is 3. The molecule has 214 valence electrons. The summed E-state index contributed by atoms with van der Waals surface area (Å²) < 4.78 is 22.6. The number of benzene rings is 2. The quantitative estimate of drug-likeness (QED) is 0.227. The van der Waals surface area contributed by atoms with Gasteiger partial charge in [0.1, 0.15) is 64.5 Å². The number of ketones is 1. The molecule has 5 rings (SSSR count). The van der Waals surface area contributed by atoms with Crippen molar-refractivity contribution in [3.8, 4) is 28.6 Å². The Morgan fingerprint density at radius 3 is 2.17 bits per heavy atom. The summed E-state index contributed by atoms with van der Waals surface area (Å²) >= 11 is 0. The predicted molar refractivity (Wildman–Crippen MR) is 134 cm³/mol. The van der Waals surface area contributed by atoms with E-state index in [1.54, 1.807) is 0 Å². The molecule has 13 nitrogen and oxygen atoms in total. The third-order valence-corrected chi connectivity index (χ3v) is 7.19. The molecule has 7 N–H and O–H groups in total. The lowest BCUT2D eigenvalue weighted by atomic mass is 9.90. The van der Waals surface area contributed by atoms with Gasteiger partial charge in [0, 0.05) is 17.7 Å². The fourth-order valence-electron chi connectivity index (χ4n) is 4.91. The molecular weight excluding hydrogens is 532 g/mol. The van der Waals surface area contributed by atoms with Gasteiger partial charge in [-0.1, -0.05) is 0 Å². The van der Waals surface area contributed by atoms with Crippen molar-refractivity contribution in [2.24, 2.45) is 0 Å². The second-order valence-corrected chi connectivity index (χ2v) is 9.90. The van der Waals surface area contributed by atoms with Gasteiger partial charge in [-0.15, -0.1) is 0 Å². The normalized spacial score (nSPS) is 32.9. The highest BCUT2D eigenvalue weighted by atomic mass is 16.7. The number of phenolic OH excluding ortho intramolecular Hbond substituents is 3. The Kier molecular flexibility index (Phi) is 7.31.